The van der Waals surface area contributed by atoms with Crippen LogP contribution in [0.4, 0.5) is 5.69 Å². The number of aliphatic imine (C=N–C) groups is 1. The van der Waals surface area contributed by atoms with Gasteiger partial charge >= 0.3 is 0 Å². The summed E-state index contributed by atoms with van der Waals surface area (Å²) in [5.74, 6) is 0.619. The highest BCUT2D eigenvalue weighted by Crippen LogP contribution is 2.27. The molecule has 3 aromatic rings. The smallest absolute Gasteiger partial charge is 0.257 e. The van der Waals surface area contributed by atoms with Gasteiger partial charge in [0.15, 0.2) is 0 Å². The van der Waals surface area contributed by atoms with Crippen molar-refractivity contribution in [2.75, 3.05) is 12.4 Å². The molecule has 2 N–H and O–H groups in total. The number of nitrogens with one attached hydrogen (secondary N) is 2. The van der Waals surface area contributed by atoms with E-state index in [2.05, 4.69) is 20.6 Å². The predicted octanol–water partition coefficient (Wildman–Crippen LogP) is 4.76. The Bertz CT molecular complexity index is 1070. The van der Waals surface area contributed by atoms with Crippen LogP contribution in [0.5, 0.6) is 5.75 Å². The molecule has 0 saturated carbocycles. The largest absolute Gasteiger partial charge is 0.495 e. The monoisotopic (exact) mass is 422 g/mol. The van der Waals surface area contributed by atoms with Crippen molar-refractivity contribution in [2.24, 2.45) is 4.99 Å². The molecule has 7 heteroatoms. The highest BCUT2D eigenvalue weighted by molar-refractivity contribution is 6.32. The summed E-state index contributed by atoms with van der Waals surface area (Å²) in [6.45, 7) is 4.33. The quantitative estimate of drug-likeness (QED) is 0.459. The van der Waals surface area contributed by atoms with Gasteiger partial charge in [-0.3, -0.25) is 15.1 Å². The minimum Gasteiger partial charge on any atom is -0.495 e. The van der Waals surface area contributed by atoms with Gasteiger partial charge in [-0.25, -0.2) is 4.99 Å². The number of guanidine groups is 1. The van der Waals surface area contributed by atoms with Crippen molar-refractivity contribution in [3.05, 3.63) is 88.2 Å². The third-order valence-electron chi connectivity index (χ3n) is 4.56. The predicted molar refractivity (Wildman–Crippen MR) is 120 cm³/mol. The van der Waals surface area contributed by atoms with E-state index < -0.39 is 0 Å². The zero-order valence-corrected chi connectivity index (χ0v) is 17.8. The van der Waals surface area contributed by atoms with Crippen LogP contribution in [0, 0.1) is 13.8 Å². The van der Waals surface area contributed by atoms with Crippen LogP contribution in [0.1, 0.15) is 27.0 Å². The van der Waals surface area contributed by atoms with Gasteiger partial charge in [0.05, 0.1) is 18.7 Å². The average molecular weight is 423 g/mol. The van der Waals surface area contributed by atoms with Crippen LogP contribution < -0.4 is 15.4 Å². The number of hydrogen-bond acceptors (Lipinski definition) is 4. The summed E-state index contributed by atoms with van der Waals surface area (Å²) in [6, 6.07) is 14.6. The lowest BCUT2D eigenvalue weighted by Crippen LogP contribution is -2.36. The number of amides is 1. The van der Waals surface area contributed by atoms with Gasteiger partial charge in [0.25, 0.3) is 5.91 Å². The molecule has 0 radical (unpaired) electrons. The molecule has 154 valence electrons. The number of nitrogens with zero attached hydrogens (tertiary/aromatic N) is 2. The molecule has 0 fully saturated rings. The number of aryl methyl sites for hydroxylation is 2. The van der Waals surface area contributed by atoms with Gasteiger partial charge in [-0.15, -0.1) is 0 Å². The van der Waals surface area contributed by atoms with Gasteiger partial charge in [-0.1, -0.05) is 23.7 Å². The molecule has 0 saturated heterocycles. The number of aromatic nitrogens is 1. The Morgan fingerprint density at radius 1 is 1.13 bits per heavy atom. The van der Waals surface area contributed by atoms with Crippen LogP contribution >= 0.6 is 11.6 Å². The Labute approximate surface area is 181 Å². The van der Waals surface area contributed by atoms with Crippen molar-refractivity contribution in [1.29, 1.82) is 0 Å². The minimum atomic E-state index is -0.254. The maximum atomic E-state index is 12.8. The second-order valence-electron chi connectivity index (χ2n) is 6.75. The van der Waals surface area contributed by atoms with Crippen molar-refractivity contribution in [3.8, 4) is 5.75 Å². The summed E-state index contributed by atoms with van der Waals surface area (Å²) in [6.07, 6.45) is 3.43. The van der Waals surface area contributed by atoms with Crippen molar-refractivity contribution in [1.82, 2.24) is 10.3 Å². The molecule has 0 unspecified atom stereocenters. The van der Waals surface area contributed by atoms with Crippen molar-refractivity contribution in [2.45, 2.75) is 20.4 Å². The van der Waals surface area contributed by atoms with Gasteiger partial charge in [-0.05, 0) is 66.9 Å². The van der Waals surface area contributed by atoms with E-state index in [4.69, 9.17) is 16.3 Å². The highest BCUT2D eigenvalue weighted by atomic mass is 35.5. The SMILES string of the molecule is COc1ccc(NC(=NCc2cccnc2)NC(=O)c2ccc(C)c(C)c2)cc1Cl. The molecule has 0 aliphatic carbocycles. The van der Waals surface area contributed by atoms with E-state index in [0.29, 0.717) is 34.5 Å². The zero-order chi connectivity index (χ0) is 21.5. The summed E-state index contributed by atoms with van der Waals surface area (Å²) in [7, 11) is 1.55. The number of carbonyl (C=O) groups is 1. The molecule has 0 aliphatic rings. The first kappa shape index (κ1) is 21.3. The number of rotatable bonds is 5. The first-order valence-corrected chi connectivity index (χ1v) is 9.76. The second-order valence-corrected chi connectivity index (χ2v) is 7.16. The number of pyridine rings is 1. The molecule has 1 amide bonds. The van der Waals surface area contributed by atoms with Crippen LogP contribution in [-0.2, 0) is 6.54 Å². The van der Waals surface area contributed by atoms with E-state index in [1.807, 2.05) is 38.1 Å². The van der Waals surface area contributed by atoms with Crippen molar-refractivity contribution in [3.63, 3.8) is 0 Å². The maximum absolute atomic E-state index is 12.8. The van der Waals surface area contributed by atoms with Gasteiger partial charge in [0, 0.05) is 23.6 Å². The number of hydrogen-bond donors (Lipinski definition) is 2. The Hall–Kier alpha value is -3.38. The molecular weight excluding hydrogens is 400 g/mol. The fourth-order valence-corrected chi connectivity index (χ4v) is 2.97. The topological polar surface area (TPSA) is 75.6 Å². The van der Waals surface area contributed by atoms with E-state index in [9.17, 15) is 4.79 Å². The first-order chi connectivity index (χ1) is 14.5. The molecule has 0 bridgehead atoms. The summed E-state index contributed by atoms with van der Waals surface area (Å²) in [4.78, 5) is 21.4. The number of halogens is 1. The van der Waals surface area contributed by atoms with Crippen molar-refractivity contribution < 1.29 is 9.53 Å². The molecule has 3 rings (SSSR count). The van der Waals surface area contributed by atoms with E-state index in [1.165, 1.54) is 0 Å². The zero-order valence-electron chi connectivity index (χ0n) is 17.1. The van der Waals surface area contributed by atoms with Gasteiger partial charge in [0.2, 0.25) is 5.96 Å². The minimum absolute atomic E-state index is 0.254. The Morgan fingerprint density at radius 3 is 2.63 bits per heavy atom. The molecule has 30 heavy (non-hydrogen) atoms. The molecule has 0 atom stereocenters. The molecule has 0 aliphatic heterocycles. The van der Waals surface area contributed by atoms with Gasteiger partial charge in [0.1, 0.15) is 5.75 Å². The number of methoxy groups -OCH3 is 1. The molecular formula is C23H23ClN4O2. The fraction of sp³-hybridized carbons (Fsp3) is 0.174. The normalized spacial score (nSPS) is 11.1. The van der Waals surface area contributed by atoms with E-state index >= 15 is 0 Å². The summed E-state index contributed by atoms with van der Waals surface area (Å²) in [5, 5.41) is 6.43. The van der Waals surface area contributed by atoms with Crippen LogP contribution in [0.2, 0.25) is 5.02 Å². The van der Waals surface area contributed by atoms with Crippen LogP contribution in [0.25, 0.3) is 0 Å². The number of anilines is 1. The summed E-state index contributed by atoms with van der Waals surface area (Å²) in [5.41, 5.74) is 4.33. The Morgan fingerprint density at radius 2 is 1.97 bits per heavy atom. The lowest BCUT2D eigenvalue weighted by molar-refractivity contribution is 0.0977. The van der Waals surface area contributed by atoms with E-state index in [1.54, 1.807) is 43.8 Å². The van der Waals surface area contributed by atoms with Gasteiger partial charge < -0.3 is 10.1 Å². The molecule has 6 nitrogen and oxygen atoms in total. The summed E-state index contributed by atoms with van der Waals surface area (Å²) < 4.78 is 5.19. The first-order valence-electron chi connectivity index (χ1n) is 9.39. The highest BCUT2D eigenvalue weighted by Gasteiger charge is 2.11. The number of ether oxygens (including phenoxy) is 1. The maximum Gasteiger partial charge on any atom is 0.257 e. The third kappa shape index (κ3) is 5.58. The van der Waals surface area contributed by atoms with Crippen LogP contribution in [-0.4, -0.2) is 24.0 Å². The Balaban J connectivity index is 1.83. The lowest BCUT2D eigenvalue weighted by atomic mass is 10.1. The fourth-order valence-electron chi connectivity index (χ4n) is 2.72. The lowest BCUT2D eigenvalue weighted by Gasteiger charge is -2.13. The van der Waals surface area contributed by atoms with Crippen LogP contribution in [0.15, 0.2) is 65.9 Å². The van der Waals surface area contributed by atoms with E-state index in [-0.39, 0.29) is 5.91 Å². The average Bonchev–Trinajstić information content (AvgIpc) is 2.75. The third-order valence-corrected chi connectivity index (χ3v) is 4.85. The number of carbonyl (C=O) groups excluding carboxylic acids is 1. The Kier molecular flexibility index (Phi) is 7.03. The van der Waals surface area contributed by atoms with Crippen molar-refractivity contribution >= 4 is 29.2 Å². The molecule has 2 aromatic carbocycles. The molecule has 1 heterocycles. The molecule has 1 aromatic heterocycles. The molecule has 0 spiro atoms. The van der Waals surface area contributed by atoms with E-state index in [0.717, 1.165) is 16.7 Å². The number of benzene rings is 2. The second kappa shape index (κ2) is 9.89. The van der Waals surface area contributed by atoms with Gasteiger partial charge in [-0.2, -0.15) is 0 Å². The van der Waals surface area contributed by atoms with Crippen LogP contribution in [0.3, 0.4) is 0 Å². The summed E-state index contributed by atoms with van der Waals surface area (Å²) >= 11 is 6.22. The standard InChI is InChI=1S/C23H23ClN4O2/c1-15-6-7-18(11-16(15)2)22(29)28-23(26-14-17-5-4-10-25-13-17)27-19-8-9-21(30-3)20(24)12-19/h4-13H,14H2,1-3H3,(H2,26,27,28,29).